The van der Waals surface area contributed by atoms with Crippen LogP contribution in [0.25, 0.3) is 0 Å². The zero-order valence-corrected chi connectivity index (χ0v) is 10.9. The molecule has 0 heterocycles. The summed E-state index contributed by atoms with van der Waals surface area (Å²) in [6, 6.07) is 8.15. The monoisotopic (exact) mass is 231 g/mol. The average molecular weight is 231 g/mol. The number of nitrogens with zero attached hydrogens (tertiary/aromatic N) is 2. The molecule has 2 N–H and O–H groups in total. The fourth-order valence-corrected chi connectivity index (χ4v) is 1.91. The highest BCUT2D eigenvalue weighted by molar-refractivity contribution is 5.60. The van der Waals surface area contributed by atoms with Crippen molar-refractivity contribution in [2.24, 2.45) is 11.7 Å². The second-order valence-electron chi connectivity index (χ2n) is 4.60. The molecule has 92 valence electrons. The van der Waals surface area contributed by atoms with Crippen molar-refractivity contribution in [2.45, 2.75) is 27.3 Å². The van der Waals surface area contributed by atoms with Gasteiger partial charge in [-0.15, -0.1) is 0 Å². The van der Waals surface area contributed by atoms with E-state index in [2.05, 4.69) is 31.7 Å². The van der Waals surface area contributed by atoms with Crippen molar-refractivity contribution in [1.82, 2.24) is 0 Å². The van der Waals surface area contributed by atoms with Crippen LogP contribution in [0.4, 0.5) is 5.69 Å². The van der Waals surface area contributed by atoms with Crippen LogP contribution in [0.1, 0.15) is 31.9 Å². The Morgan fingerprint density at radius 2 is 2.12 bits per heavy atom. The summed E-state index contributed by atoms with van der Waals surface area (Å²) in [6.45, 7) is 8.83. The van der Waals surface area contributed by atoms with Crippen molar-refractivity contribution >= 4 is 5.69 Å². The third kappa shape index (κ3) is 3.47. The zero-order chi connectivity index (χ0) is 12.8. The largest absolute Gasteiger partial charge is 0.370 e. The van der Waals surface area contributed by atoms with E-state index in [1.165, 1.54) is 0 Å². The lowest BCUT2D eigenvalue weighted by atomic mass is 10.1. The van der Waals surface area contributed by atoms with E-state index in [9.17, 15) is 5.26 Å². The van der Waals surface area contributed by atoms with Crippen molar-refractivity contribution < 1.29 is 0 Å². The van der Waals surface area contributed by atoms with Gasteiger partial charge in [0.05, 0.1) is 11.3 Å². The van der Waals surface area contributed by atoms with Crippen LogP contribution in [-0.4, -0.2) is 13.1 Å². The van der Waals surface area contributed by atoms with E-state index in [4.69, 9.17) is 5.73 Å². The van der Waals surface area contributed by atoms with Crippen molar-refractivity contribution in [3.63, 3.8) is 0 Å². The van der Waals surface area contributed by atoms with Gasteiger partial charge in [0.1, 0.15) is 6.07 Å². The predicted molar refractivity (Wildman–Crippen MR) is 71.8 cm³/mol. The van der Waals surface area contributed by atoms with Gasteiger partial charge in [-0.25, -0.2) is 0 Å². The van der Waals surface area contributed by atoms with Crippen LogP contribution < -0.4 is 10.6 Å². The molecule has 3 heteroatoms. The molecule has 0 saturated carbocycles. The van der Waals surface area contributed by atoms with Gasteiger partial charge in [-0.3, -0.25) is 0 Å². The molecule has 0 spiro atoms. The minimum atomic E-state index is 0.477. The van der Waals surface area contributed by atoms with Crippen molar-refractivity contribution in [3.8, 4) is 6.07 Å². The number of rotatable bonds is 5. The number of hydrogen-bond donors (Lipinski definition) is 1. The van der Waals surface area contributed by atoms with Gasteiger partial charge in [-0.05, 0) is 30.5 Å². The van der Waals surface area contributed by atoms with E-state index in [1.54, 1.807) is 0 Å². The molecule has 0 amide bonds. The van der Waals surface area contributed by atoms with Gasteiger partial charge in [0.15, 0.2) is 0 Å². The van der Waals surface area contributed by atoms with Gasteiger partial charge in [0.25, 0.3) is 0 Å². The smallest absolute Gasteiger partial charge is 0.101 e. The van der Waals surface area contributed by atoms with E-state index >= 15 is 0 Å². The summed E-state index contributed by atoms with van der Waals surface area (Å²) in [5.41, 5.74) is 8.33. The second kappa shape index (κ2) is 6.27. The van der Waals surface area contributed by atoms with Gasteiger partial charge < -0.3 is 10.6 Å². The van der Waals surface area contributed by atoms with Gasteiger partial charge in [-0.2, -0.15) is 5.26 Å². The molecule has 0 aliphatic carbocycles. The fraction of sp³-hybridized carbons (Fsp3) is 0.500. The number of anilines is 1. The Morgan fingerprint density at radius 1 is 1.41 bits per heavy atom. The van der Waals surface area contributed by atoms with Crippen LogP contribution in [-0.2, 0) is 6.54 Å². The topological polar surface area (TPSA) is 53.0 Å². The average Bonchev–Trinajstić information content (AvgIpc) is 2.35. The molecule has 0 bridgehead atoms. The van der Waals surface area contributed by atoms with Crippen molar-refractivity contribution in [1.29, 1.82) is 5.26 Å². The maximum atomic E-state index is 9.20. The maximum Gasteiger partial charge on any atom is 0.101 e. The van der Waals surface area contributed by atoms with Crippen LogP contribution in [0.15, 0.2) is 18.2 Å². The van der Waals surface area contributed by atoms with Crippen LogP contribution in [0.2, 0.25) is 0 Å². The predicted octanol–water partition coefficient (Wildman–Crippen LogP) is 2.50. The Balaban J connectivity index is 3.07. The van der Waals surface area contributed by atoms with E-state index in [0.717, 1.165) is 29.9 Å². The molecule has 0 aromatic heterocycles. The SMILES string of the molecule is CCN(CC(C)C)c1ccc(CN)cc1C#N. The highest BCUT2D eigenvalue weighted by atomic mass is 15.1. The molecule has 0 unspecified atom stereocenters. The highest BCUT2D eigenvalue weighted by Crippen LogP contribution is 2.22. The fourth-order valence-electron chi connectivity index (χ4n) is 1.91. The molecule has 17 heavy (non-hydrogen) atoms. The molecule has 0 aliphatic rings. The summed E-state index contributed by atoms with van der Waals surface area (Å²) in [7, 11) is 0. The Kier molecular flexibility index (Phi) is 4.99. The molecule has 3 nitrogen and oxygen atoms in total. The summed E-state index contributed by atoms with van der Waals surface area (Å²) in [5.74, 6) is 0.579. The number of benzene rings is 1. The first-order valence-electron chi connectivity index (χ1n) is 6.10. The van der Waals surface area contributed by atoms with E-state index in [0.29, 0.717) is 12.5 Å². The summed E-state index contributed by atoms with van der Waals surface area (Å²) in [4.78, 5) is 2.24. The van der Waals surface area contributed by atoms with Crippen LogP contribution in [0.3, 0.4) is 0 Å². The van der Waals surface area contributed by atoms with Gasteiger partial charge in [0, 0.05) is 19.6 Å². The summed E-state index contributed by atoms with van der Waals surface area (Å²) in [5, 5.41) is 9.20. The lowest BCUT2D eigenvalue weighted by Gasteiger charge is -2.26. The third-order valence-corrected chi connectivity index (χ3v) is 2.73. The first-order chi connectivity index (χ1) is 8.12. The quantitative estimate of drug-likeness (QED) is 0.847. The summed E-state index contributed by atoms with van der Waals surface area (Å²) >= 11 is 0. The van der Waals surface area contributed by atoms with Gasteiger partial charge >= 0.3 is 0 Å². The molecule has 0 radical (unpaired) electrons. The summed E-state index contributed by atoms with van der Waals surface area (Å²) in [6.07, 6.45) is 0. The maximum absolute atomic E-state index is 9.20. The molecule has 0 saturated heterocycles. The molecule has 1 aromatic rings. The van der Waals surface area contributed by atoms with Gasteiger partial charge in [-0.1, -0.05) is 19.9 Å². The molecule has 0 fully saturated rings. The van der Waals surface area contributed by atoms with E-state index in [-0.39, 0.29) is 0 Å². The Labute approximate surface area is 104 Å². The van der Waals surface area contributed by atoms with Crippen LogP contribution in [0.5, 0.6) is 0 Å². The first-order valence-corrected chi connectivity index (χ1v) is 6.10. The van der Waals surface area contributed by atoms with Crippen molar-refractivity contribution in [3.05, 3.63) is 29.3 Å². The molecule has 1 aromatic carbocycles. The minimum Gasteiger partial charge on any atom is -0.370 e. The Bertz CT molecular complexity index is 404. The Hall–Kier alpha value is -1.53. The van der Waals surface area contributed by atoms with E-state index in [1.807, 2.05) is 18.2 Å². The number of nitrogens with two attached hydrogens (primary N) is 1. The van der Waals surface area contributed by atoms with Gasteiger partial charge in [0.2, 0.25) is 0 Å². The highest BCUT2D eigenvalue weighted by Gasteiger charge is 2.11. The molecule has 1 rings (SSSR count). The number of nitriles is 1. The number of hydrogen-bond acceptors (Lipinski definition) is 3. The molecular formula is C14H21N3. The molecular weight excluding hydrogens is 210 g/mol. The lowest BCUT2D eigenvalue weighted by molar-refractivity contribution is 0.618. The molecule has 0 atom stereocenters. The zero-order valence-electron chi connectivity index (χ0n) is 10.9. The first kappa shape index (κ1) is 13.5. The minimum absolute atomic E-state index is 0.477. The second-order valence-corrected chi connectivity index (χ2v) is 4.60. The third-order valence-electron chi connectivity index (χ3n) is 2.73. The lowest BCUT2D eigenvalue weighted by Crippen LogP contribution is -2.28. The standard InChI is InChI=1S/C14H21N3/c1-4-17(10-11(2)3)14-6-5-12(8-15)7-13(14)9-16/h5-7,11H,4,8,10,15H2,1-3H3. The van der Waals surface area contributed by atoms with Crippen LogP contribution >= 0.6 is 0 Å². The normalized spacial score (nSPS) is 10.4. The van der Waals surface area contributed by atoms with Crippen LogP contribution in [0, 0.1) is 17.2 Å². The Morgan fingerprint density at radius 3 is 2.59 bits per heavy atom. The molecule has 0 aliphatic heterocycles. The summed E-state index contributed by atoms with van der Waals surface area (Å²) < 4.78 is 0. The van der Waals surface area contributed by atoms with E-state index < -0.39 is 0 Å². The van der Waals surface area contributed by atoms with Crippen molar-refractivity contribution in [2.75, 3.05) is 18.0 Å².